The fourth-order valence-corrected chi connectivity index (χ4v) is 2.55. The molecule has 4 nitrogen and oxygen atoms in total. The van der Waals surface area contributed by atoms with E-state index < -0.39 is 0 Å². The predicted molar refractivity (Wildman–Crippen MR) is 91.2 cm³/mol. The molecule has 1 N–H and O–H groups in total. The summed E-state index contributed by atoms with van der Waals surface area (Å²) in [6, 6.07) is 9.85. The highest BCUT2D eigenvalue weighted by Gasteiger charge is 2.15. The number of halogens is 1. The minimum atomic E-state index is -0.106. The van der Waals surface area contributed by atoms with Gasteiger partial charge >= 0.3 is 0 Å². The van der Waals surface area contributed by atoms with Crippen LogP contribution in [0.15, 0.2) is 41.0 Å². The number of nitrogens with one attached hydrogen (secondary N) is 1. The van der Waals surface area contributed by atoms with Gasteiger partial charge < -0.3 is 14.8 Å². The number of amides is 1. The topological polar surface area (TPSA) is 37.3 Å². The number of hydrogen-bond donors (Lipinski definition) is 1. The van der Waals surface area contributed by atoms with Crippen LogP contribution in [0.2, 0.25) is 0 Å². The molecule has 0 unspecified atom stereocenters. The second-order valence-electron chi connectivity index (χ2n) is 5.44. The zero-order valence-corrected chi connectivity index (χ0v) is 14.3. The second kappa shape index (κ2) is 6.35. The number of benzene rings is 1. The molecule has 0 fully saturated rings. The molecule has 0 spiro atoms. The number of aromatic nitrogens is 1. The first-order chi connectivity index (χ1) is 9.88. The molecule has 0 aliphatic carbocycles. The summed E-state index contributed by atoms with van der Waals surface area (Å²) >= 11 is 3.43. The number of carbonyl (C=O) groups is 1. The molecule has 21 heavy (non-hydrogen) atoms. The van der Waals surface area contributed by atoms with Crippen molar-refractivity contribution in [1.82, 2.24) is 4.57 Å². The van der Waals surface area contributed by atoms with Gasteiger partial charge in [-0.05, 0) is 54.0 Å². The maximum absolute atomic E-state index is 12.5. The van der Waals surface area contributed by atoms with E-state index in [-0.39, 0.29) is 11.9 Å². The van der Waals surface area contributed by atoms with Gasteiger partial charge in [0.15, 0.2) is 0 Å². The first-order valence-corrected chi connectivity index (χ1v) is 7.64. The molecule has 112 valence electrons. The Labute approximate surface area is 133 Å². The first-order valence-electron chi connectivity index (χ1n) is 6.84. The molecule has 0 bridgehead atoms. The Kier molecular flexibility index (Phi) is 4.73. The van der Waals surface area contributed by atoms with E-state index in [0.29, 0.717) is 5.69 Å². The van der Waals surface area contributed by atoms with Gasteiger partial charge in [0.2, 0.25) is 0 Å². The lowest BCUT2D eigenvalue weighted by Crippen LogP contribution is -2.18. The Morgan fingerprint density at radius 1 is 1.29 bits per heavy atom. The van der Waals surface area contributed by atoms with Crippen molar-refractivity contribution in [3.63, 3.8) is 0 Å². The Morgan fingerprint density at radius 3 is 2.62 bits per heavy atom. The molecule has 2 rings (SSSR count). The molecule has 0 aliphatic rings. The molecule has 1 aromatic carbocycles. The highest BCUT2D eigenvalue weighted by molar-refractivity contribution is 9.10. The summed E-state index contributed by atoms with van der Waals surface area (Å²) in [5.41, 5.74) is 2.49. The summed E-state index contributed by atoms with van der Waals surface area (Å²) in [7, 11) is 3.95. The zero-order chi connectivity index (χ0) is 15.6. The molecule has 0 aliphatic heterocycles. The number of hydrogen-bond acceptors (Lipinski definition) is 2. The summed E-state index contributed by atoms with van der Waals surface area (Å²) in [6.45, 7) is 4.10. The quantitative estimate of drug-likeness (QED) is 0.900. The van der Waals surface area contributed by atoms with Crippen LogP contribution in [0.1, 0.15) is 30.4 Å². The van der Waals surface area contributed by atoms with Crippen molar-refractivity contribution < 1.29 is 4.79 Å². The molecule has 2 aromatic rings. The Hall–Kier alpha value is -1.75. The van der Waals surface area contributed by atoms with Gasteiger partial charge in [-0.2, -0.15) is 0 Å². The summed E-state index contributed by atoms with van der Waals surface area (Å²) in [6.07, 6.45) is 1.93. The summed E-state index contributed by atoms with van der Waals surface area (Å²) in [4.78, 5) is 14.5. The molecular weight excluding hydrogens is 330 g/mol. The highest BCUT2D eigenvalue weighted by Crippen LogP contribution is 2.22. The molecule has 0 radical (unpaired) electrons. The number of anilines is 2. The van der Waals surface area contributed by atoms with Gasteiger partial charge in [-0.3, -0.25) is 4.79 Å². The third kappa shape index (κ3) is 3.67. The van der Waals surface area contributed by atoms with Crippen LogP contribution in [0.4, 0.5) is 11.4 Å². The molecular formula is C16H20BrN3O. The Bertz CT molecular complexity index is 647. The smallest absolute Gasteiger partial charge is 0.272 e. The number of rotatable bonds is 4. The van der Waals surface area contributed by atoms with Crippen LogP contribution in [0.25, 0.3) is 0 Å². The van der Waals surface area contributed by atoms with Crippen LogP contribution in [0.3, 0.4) is 0 Å². The van der Waals surface area contributed by atoms with Gasteiger partial charge in [-0.25, -0.2) is 0 Å². The van der Waals surface area contributed by atoms with E-state index in [1.807, 2.05) is 60.1 Å². The Morgan fingerprint density at radius 2 is 2.00 bits per heavy atom. The summed E-state index contributed by atoms with van der Waals surface area (Å²) in [5, 5.41) is 2.95. The van der Waals surface area contributed by atoms with E-state index >= 15 is 0 Å². The Balaban J connectivity index is 2.24. The van der Waals surface area contributed by atoms with Gasteiger partial charge in [0.25, 0.3) is 5.91 Å². The highest BCUT2D eigenvalue weighted by atomic mass is 79.9. The van der Waals surface area contributed by atoms with Crippen molar-refractivity contribution in [2.75, 3.05) is 24.3 Å². The molecule has 0 atom stereocenters. The average Bonchev–Trinajstić information content (AvgIpc) is 2.81. The van der Waals surface area contributed by atoms with Crippen molar-refractivity contribution in [3.8, 4) is 0 Å². The summed E-state index contributed by atoms with van der Waals surface area (Å²) in [5.74, 6) is -0.106. The molecule has 0 saturated heterocycles. The standard InChI is InChI=1S/C16H20BrN3O/c1-11(2)20-10-12(17)8-15(20)16(21)18-13-6-5-7-14(9-13)19(3)4/h5-11H,1-4H3,(H,18,21). The van der Waals surface area contributed by atoms with E-state index in [2.05, 4.69) is 35.1 Å². The number of carbonyl (C=O) groups excluding carboxylic acids is 1. The van der Waals surface area contributed by atoms with Crippen LogP contribution >= 0.6 is 15.9 Å². The van der Waals surface area contributed by atoms with Crippen LogP contribution in [-0.2, 0) is 0 Å². The maximum atomic E-state index is 12.5. The zero-order valence-electron chi connectivity index (χ0n) is 12.7. The van der Waals surface area contributed by atoms with Crippen LogP contribution in [0.5, 0.6) is 0 Å². The van der Waals surface area contributed by atoms with Crippen molar-refractivity contribution >= 4 is 33.2 Å². The fourth-order valence-electron chi connectivity index (χ4n) is 2.11. The van der Waals surface area contributed by atoms with Crippen LogP contribution < -0.4 is 10.2 Å². The van der Waals surface area contributed by atoms with Crippen LogP contribution in [-0.4, -0.2) is 24.6 Å². The van der Waals surface area contributed by atoms with E-state index in [9.17, 15) is 4.79 Å². The fraction of sp³-hybridized carbons (Fsp3) is 0.312. The monoisotopic (exact) mass is 349 g/mol. The third-order valence-electron chi connectivity index (χ3n) is 3.22. The first kappa shape index (κ1) is 15.6. The second-order valence-corrected chi connectivity index (χ2v) is 6.36. The lowest BCUT2D eigenvalue weighted by molar-refractivity contribution is 0.101. The normalized spacial score (nSPS) is 10.8. The predicted octanol–water partition coefficient (Wildman–Crippen LogP) is 4.15. The van der Waals surface area contributed by atoms with Crippen molar-refractivity contribution in [2.24, 2.45) is 0 Å². The molecule has 0 saturated carbocycles. The van der Waals surface area contributed by atoms with Crippen molar-refractivity contribution in [2.45, 2.75) is 19.9 Å². The lowest BCUT2D eigenvalue weighted by Gasteiger charge is -2.15. The molecule has 5 heteroatoms. The van der Waals surface area contributed by atoms with Crippen molar-refractivity contribution in [1.29, 1.82) is 0 Å². The SMILES string of the molecule is CC(C)n1cc(Br)cc1C(=O)Nc1cccc(N(C)C)c1. The van der Waals surface area contributed by atoms with Gasteiger partial charge in [-0.15, -0.1) is 0 Å². The van der Waals surface area contributed by atoms with Gasteiger partial charge in [0.1, 0.15) is 5.69 Å². The molecule has 1 aromatic heterocycles. The van der Waals surface area contributed by atoms with E-state index in [0.717, 1.165) is 15.8 Å². The minimum absolute atomic E-state index is 0.106. The molecule has 1 heterocycles. The van der Waals surface area contributed by atoms with E-state index in [4.69, 9.17) is 0 Å². The average molecular weight is 350 g/mol. The van der Waals surface area contributed by atoms with Gasteiger partial charge in [-0.1, -0.05) is 6.07 Å². The van der Waals surface area contributed by atoms with Crippen LogP contribution in [0, 0.1) is 0 Å². The lowest BCUT2D eigenvalue weighted by atomic mass is 10.2. The third-order valence-corrected chi connectivity index (χ3v) is 3.66. The molecule has 1 amide bonds. The van der Waals surface area contributed by atoms with Crippen molar-refractivity contribution in [3.05, 3.63) is 46.7 Å². The maximum Gasteiger partial charge on any atom is 0.272 e. The summed E-state index contributed by atoms with van der Waals surface area (Å²) < 4.78 is 2.86. The minimum Gasteiger partial charge on any atom is -0.378 e. The van der Waals surface area contributed by atoms with Gasteiger partial charge in [0.05, 0.1) is 0 Å². The number of nitrogens with zero attached hydrogens (tertiary/aromatic N) is 2. The van der Waals surface area contributed by atoms with E-state index in [1.165, 1.54) is 0 Å². The van der Waals surface area contributed by atoms with Gasteiger partial charge in [0, 0.05) is 42.2 Å². The van der Waals surface area contributed by atoms with E-state index in [1.54, 1.807) is 0 Å². The largest absolute Gasteiger partial charge is 0.378 e.